The number of anilines is 1. The molecular weight excluding hydrogens is 637 g/mol. The van der Waals surface area contributed by atoms with E-state index >= 15 is 0 Å². The summed E-state index contributed by atoms with van der Waals surface area (Å²) >= 11 is 17.8. The van der Waals surface area contributed by atoms with Gasteiger partial charge in [-0.25, -0.2) is 28.6 Å². The molecule has 0 radical (unpaired) electrons. The SMILES string of the molecule is CCOC(=O)c1cnc2c(Cl)cc(Cl)nn12.CCOC(=O)c1cnc2c(N(CCO)Cc3ccc(OC)cc3)cc(Cl)nn12. The first-order valence-corrected chi connectivity index (χ1v) is 14.4. The van der Waals surface area contributed by atoms with E-state index in [0.717, 1.165) is 11.3 Å². The Balaban J connectivity index is 0.000000233. The lowest BCUT2D eigenvalue weighted by molar-refractivity contribution is 0.0507. The average molecular weight is 665 g/mol. The van der Waals surface area contributed by atoms with Gasteiger partial charge >= 0.3 is 11.9 Å². The Morgan fingerprint density at radius 3 is 1.95 bits per heavy atom. The summed E-state index contributed by atoms with van der Waals surface area (Å²) in [5, 5.41) is 18.4. The van der Waals surface area contributed by atoms with Crippen molar-refractivity contribution in [1.82, 2.24) is 29.2 Å². The number of halogens is 3. The minimum absolute atomic E-state index is 0.0618. The summed E-state index contributed by atoms with van der Waals surface area (Å²) in [7, 11) is 1.61. The molecule has 0 saturated carbocycles. The van der Waals surface area contributed by atoms with Gasteiger partial charge in [0.15, 0.2) is 33.0 Å². The van der Waals surface area contributed by atoms with Crippen molar-refractivity contribution in [3.05, 3.63) is 81.1 Å². The Kier molecular flexibility index (Phi) is 11.2. The van der Waals surface area contributed by atoms with E-state index in [1.54, 1.807) is 27.0 Å². The highest BCUT2D eigenvalue weighted by atomic mass is 35.5. The van der Waals surface area contributed by atoms with Crippen LogP contribution < -0.4 is 9.64 Å². The molecule has 0 spiro atoms. The van der Waals surface area contributed by atoms with E-state index in [-0.39, 0.29) is 41.5 Å². The number of imidazole rings is 2. The van der Waals surface area contributed by atoms with E-state index in [9.17, 15) is 14.7 Å². The van der Waals surface area contributed by atoms with Crippen LogP contribution in [0.5, 0.6) is 5.75 Å². The number of carbonyl (C=O) groups excluding carboxylic acids is 2. The summed E-state index contributed by atoms with van der Waals surface area (Å²) in [5.74, 6) is -0.278. The minimum atomic E-state index is -0.528. The lowest BCUT2D eigenvalue weighted by Crippen LogP contribution is -2.27. The van der Waals surface area contributed by atoms with Gasteiger partial charge in [-0.05, 0) is 37.6 Å². The van der Waals surface area contributed by atoms with Crippen LogP contribution in [0.15, 0.2) is 48.8 Å². The fraction of sp³-hybridized carbons (Fsp3) is 0.286. The lowest BCUT2D eigenvalue weighted by Gasteiger charge is -2.24. The average Bonchev–Trinajstić information content (AvgIpc) is 3.62. The van der Waals surface area contributed by atoms with Crippen molar-refractivity contribution in [2.24, 2.45) is 0 Å². The highest BCUT2D eigenvalue weighted by molar-refractivity contribution is 6.35. The smallest absolute Gasteiger partial charge is 0.358 e. The van der Waals surface area contributed by atoms with E-state index < -0.39 is 11.9 Å². The molecule has 0 aliphatic carbocycles. The van der Waals surface area contributed by atoms with E-state index in [4.69, 9.17) is 49.0 Å². The Bertz CT molecular complexity index is 1760. The van der Waals surface area contributed by atoms with E-state index in [2.05, 4.69) is 20.2 Å². The van der Waals surface area contributed by atoms with Crippen LogP contribution in [0, 0.1) is 0 Å². The largest absolute Gasteiger partial charge is 0.497 e. The number of esters is 2. The van der Waals surface area contributed by atoms with E-state index in [0.29, 0.717) is 35.1 Å². The number of hydrogen-bond donors (Lipinski definition) is 1. The zero-order valence-electron chi connectivity index (χ0n) is 23.9. The second-order valence-electron chi connectivity index (χ2n) is 8.86. The standard InChI is InChI=1S/C19H21ClN4O4.C9H7Cl2N3O2/c1-3-28-19(26)16-11-21-18-15(10-17(20)22-24(16)18)23(8-9-25)12-13-4-6-14(27-2)7-5-13;1-2-16-9(15)6-4-12-8-5(10)3-7(11)13-14(6)8/h4-7,10-11,25H,3,8-9,12H2,1-2H3;3-4H,2H2,1H3. The third kappa shape index (κ3) is 7.48. The van der Waals surface area contributed by atoms with Crippen LogP contribution in [0.2, 0.25) is 15.3 Å². The Morgan fingerprint density at radius 2 is 1.41 bits per heavy atom. The molecule has 5 rings (SSSR count). The molecule has 4 heterocycles. The highest BCUT2D eigenvalue weighted by Gasteiger charge is 2.21. The number of ether oxygens (including phenoxy) is 3. The molecule has 5 aromatic rings. The molecular formula is C28H28Cl3N7O6. The normalized spacial score (nSPS) is 10.8. The monoisotopic (exact) mass is 663 g/mol. The molecule has 0 saturated heterocycles. The molecule has 16 heteroatoms. The molecule has 0 amide bonds. The molecule has 0 aliphatic heterocycles. The molecule has 44 heavy (non-hydrogen) atoms. The Morgan fingerprint density at radius 1 is 0.864 bits per heavy atom. The zero-order valence-corrected chi connectivity index (χ0v) is 26.2. The van der Waals surface area contributed by atoms with Crippen LogP contribution in [-0.2, 0) is 16.0 Å². The maximum atomic E-state index is 12.2. The van der Waals surface area contributed by atoms with Gasteiger partial charge in [-0.2, -0.15) is 10.2 Å². The van der Waals surface area contributed by atoms with Gasteiger partial charge in [-0.15, -0.1) is 0 Å². The number of rotatable bonds is 10. The number of benzene rings is 1. The summed E-state index contributed by atoms with van der Waals surface area (Å²) in [4.78, 5) is 33.9. The van der Waals surface area contributed by atoms with E-state index in [1.165, 1.54) is 27.5 Å². The maximum Gasteiger partial charge on any atom is 0.358 e. The van der Waals surface area contributed by atoms with Gasteiger partial charge in [0.25, 0.3) is 0 Å². The lowest BCUT2D eigenvalue weighted by atomic mass is 10.2. The third-order valence-corrected chi connectivity index (χ3v) is 6.67. The van der Waals surface area contributed by atoms with Gasteiger partial charge in [0.2, 0.25) is 0 Å². The molecule has 1 N–H and O–H groups in total. The minimum Gasteiger partial charge on any atom is -0.497 e. The predicted octanol–water partition coefficient (Wildman–Crippen LogP) is 4.78. The van der Waals surface area contributed by atoms with Crippen molar-refractivity contribution in [2.45, 2.75) is 20.4 Å². The van der Waals surface area contributed by atoms with Gasteiger partial charge < -0.3 is 24.2 Å². The number of nitrogens with zero attached hydrogens (tertiary/aromatic N) is 7. The molecule has 1 aromatic carbocycles. The van der Waals surface area contributed by atoms with Crippen molar-refractivity contribution in [1.29, 1.82) is 0 Å². The highest BCUT2D eigenvalue weighted by Crippen LogP contribution is 2.27. The number of aromatic nitrogens is 6. The van der Waals surface area contributed by atoms with Crippen LogP contribution in [0.1, 0.15) is 40.4 Å². The molecule has 0 aliphatic rings. The van der Waals surface area contributed by atoms with Crippen LogP contribution in [-0.4, -0.2) is 79.7 Å². The quantitative estimate of drug-likeness (QED) is 0.206. The third-order valence-electron chi connectivity index (χ3n) is 6.02. The van der Waals surface area contributed by atoms with Crippen LogP contribution in [0.25, 0.3) is 11.3 Å². The first-order valence-electron chi connectivity index (χ1n) is 13.3. The summed E-state index contributed by atoms with van der Waals surface area (Å²) in [5.41, 5.74) is 2.87. The predicted molar refractivity (Wildman–Crippen MR) is 164 cm³/mol. The second-order valence-corrected chi connectivity index (χ2v) is 10.0. The molecule has 4 aromatic heterocycles. The Labute approximate surface area is 266 Å². The fourth-order valence-corrected chi connectivity index (χ4v) is 4.76. The number of hydrogen-bond acceptors (Lipinski definition) is 11. The number of aliphatic hydroxyl groups excluding tert-OH is 1. The molecule has 0 fully saturated rings. The molecule has 0 bridgehead atoms. The number of fused-ring (bicyclic) bond motifs is 2. The van der Waals surface area contributed by atoms with Gasteiger partial charge in [0, 0.05) is 19.2 Å². The zero-order chi connectivity index (χ0) is 31.8. The van der Waals surface area contributed by atoms with Gasteiger partial charge in [0.05, 0.1) is 50.0 Å². The van der Waals surface area contributed by atoms with Crippen molar-refractivity contribution in [3.63, 3.8) is 0 Å². The first-order chi connectivity index (χ1) is 21.2. The number of aliphatic hydroxyl groups is 1. The number of carbonyl (C=O) groups is 2. The summed E-state index contributed by atoms with van der Waals surface area (Å²) in [6.45, 7) is 4.76. The summed E-state index contributed by atoms with van der Waals surface area (Å²) in [6, 6.07) is 10.8. The Hall–Kier alpha value is -4.17. The first kappa shape index (κ1) is 32.7. The molecule has 13 nitrogen and oxygen atoms in total. The summed E-state index contributed by atoms with van der Waals surface area (Å²) < 4.78 is 17.7. The van der Waals surface area contributed by atoms with Gasteiger partial charge in [-0.1, -0.05) is 46.9 Å². The van der Waals surface area contributed by atoms with Crippen molar-refractivity contribution in [3.8, 4) is 5.75 Å². The molecule has 0 atom stereocenters. The molecule has 232 valence electrons. The molecule has 0 unspecified atom stereocenters. The number of methoxy groups -OCH3 is 1. The van der Waals surface area contributed by atoms with E-state index in [1.807, 2.05) is 29.2 Å². The van der Waals surface area contributed by atoms with Gasteiger partial charge in [0.1, 0.15) is 5.75 Å². The maximum absolute atomic E-state index is 12.2. The van der Waals surface area contributed by atoms with Gasteiger partial charge in [-0.3, -0.25) is 0 Å². The summed E-state index contributed by atoms with van der Waals surface area (Å²) in [6.07, 6.45) is 2.76. The van der Waals surface area contributed by atoms with Crippen molar-refractivity contribution >= 4 is 63.7 Å². The fourth-order valence-electron chi connectivity index (χ4n) is 4.10. The topological polar surface area (TPSA) is 146 Å². The second kappa shape index (κ2) is 15.0. The van der Waals surface area contributed by atoms with Crippen molar-refractivity contribution < 1.29 is 28.9 Å². The van der Waals surface area contributed by atoms with Crippen LogP contribution in [0.3, 0.4) is 0 Å². The van der Waals surface area contributed by atoms with Crippen LogP contribution in [0.4, 0.5) is 5.69 Å². The van der Waals surface area contributed by atoms with Crippen molar-refractivity contribution in [2.75, 3.05) is 38.4 Å². The van der Waals surface area contributed by atoms with Crippen LogP contribution >= 0.6 is 34.8 Å².